The van der Waals surface area contributed by atoms with Crippen molar-refractivity contribution < 1.29 is 14.3 Å². The van der Waals surface area contributed by atoms with Crippen LogP contribution in [0.15, 0.2) is 72.8 Å². The summed E-state index contributed by atoms with van der Waals surface area (Å²) in [6.07, 6.45) is 3.89. The molecule has 0 unspecified atom stereocenters. The number of rotatable bonds is 3. The summed E-state index contributed by atoms with van der Waals surface area (Å²) in [6, 6.07) is 23.0. The van der Waals surface area contributed by atoms with E-state index in [-0.39, 0.29) is 11.8 Å². The summed E-state index contributed by atoms with van der Waals surface area (Å²) in [7, 11) is 1.60. The number of aryl methyl sites for hydroxylation is 1. The van der Waals surface area contributed by atoms with Gasteiger partial charge in [0.15, 0.2) is 0 Å². The molecule has 0 saturated heterocycles. The molecule has 0 N–H and O–H groups in total. The summed E-state index contributed by atoms with van der Waals surface area (Å²) in [5.74, 6) is 0.646. The average Bonchev–Trinajstić information content (AvgIpc) is 2.91. The number of amides is 2. The van der Waals surface area contributed by atoms with Crippen molar-refractivity contribution >= 4 is 17.5 Å². The summed E-state index contributed by atoms with van der Waals surface area (Å²) < 4.78 is 5.34. The van der Waals surface area contributed by atoms with Gasteiger partial charge in [0.1, 0.15) is 5.75 Å². The van der Waals surface area contributed by atoms with Crippen molar-refractivity contribution in [2.24, 2.45) is 0 Å². The molecule has 0 atom stereocenters. The number of anilines is 1. The number of para-hydroxylation sites is 1. The van der Waals surface area contributed by atoms with Crippen LogP contribution in [0, 0.1) is 6.92 Å². The Bertz CT molecular complexity index is 1160. The van der Waals surface area contributed by atoms with Crippen molar-refractivity contribution in [1.82, 2.24) is 4.90 Å². The lowest BCUT2D eigenvalue weighted by molar-refractivity contribution is 0.0739. The summed E-state index contributed by atoms with van der Waals surface area (Å²) >= 11 is 0. The second-order valence-electron chi connectivity index (χ2n) is 8.77. The summed E-state index contributed by atoms with van der Waals surface area (Å²) in [6.45, 7) is 3.78. The van der Waals surface area contributed by atoms with Crippen LogP contribution in [0.25, 0.3) is 0 Å². The Hall–Kier alpha value is -3.60. The van der Waals surface area contributed by atoms with Gasteiger partial charge in [-0.3, -0.25) is 9.59 Å². The van der Waals surface area contributed by atoms with E-state index in [1.54, 1.807) is 13.2 Å². The molecule has 0 aliphatic carbocycles. The first-order valence-corrected chi connectivity index (χ1v) is 12.0. The third kappa shape index (κ3) is 5.30. The molecule has 5 nitrogen and oxygen atoms in total. The first-order valence-electron chi connectivity index (χ1n) is 12.0. The molecule has 3 aromatic carbocycles. The highest BCUT2D eigenvalue weighted by molar-refractivity contribution is 6.06. The van der Waals surface area contributed by atoms with E-state index in [2.05, 4.69) is 0 Å². The van der Waals surface area contributed by atoms with Crippen LogP contribution in [-0.2, 0) is 6.54 Å². The third-order valence-corrected chi connectivity index (χ3v) is 6.43. The van der Waals surface area contributed by atoms with E-state index in [1.165, 1.54) is 0 Å². The fourth-order valence-electron chi connectivity index (χ4n) is 4.52. The van der Waals surface area contributed by atoms with Crippen molar-refractivity contribution in [3.05, 3.63) is 95.1 Å². The van der Waals surface area contributed by atoms with E-state index in [0.29, 0.717) is 30.9 Å². The fraction of sp³-hybridized carbons (Fsp3) is 0.310. The number of hydrogen-bond acceptors (Lipinski definition) is 3. The fourth-order valence-corrected chi connectivity index (χ4v) is 4.52. The molecule has 176 valence electrons. The van der Waals surface area contributed by atoms with Crippen LogP contribution in [0.4, 0.5) is 5.69 Å². The standard InChI is InChI=1S/C29H32N2O3/c1-22-12-5-7-16-26(22)29(33)30-18-9-3-4-10-19-31(27-17-8-6-13-24(27)21-30)28(32)23-14-11-15-25(20-23)34-2/h5-8,11-17,20H,3-4,9-10,18-19,21H2,1-2H3. The molecule has 5 heteroatoms. The van der Waals surface area contributed by atoms with E-state index in [4.69, 9.17) is 4.74 Å². The smallest absolute Gasteiger partial charge is 0.258 e. The van der Waals surface area contributed by atoms with E-state index in [9.17, 15) is 9.59 Å². The molecule has 1 aliphatic rings. The van der Waals surface area contributed by atoms with Gasteiger partial charge < -0.3 is 14.5 Å². The van der Waals surface area contributed by atoms with Crippen LogP contribution in [0.2, 0.25) is 0 Å². The van der Waals surface area contributed by atoms with Crippen molar-refractivity contribution in [1.29, 1.82) is 0 Å². The first kappa shape index (κ1) is 23.6. The molecule has 0 saturated carbocycles. The van der Waals surface area contributed by atoms with Crippen molar-refractivity contribution in [2.75, 3.05) is 25.1 Å². The number of fused-ring (bicyclic) bond motifs is 1. The number of nitrogens with zero attached hydrogens (tertiary/aromatic N) is 2. The largest absolute Gasteiger partial charge is 0.497 e. The van der Waals surface area contributed by atoms with E-state index < -0.39 is 0 Å². The number of ether oxygens (including phenoxy) is 1. The average molecular weight is 457 g/mol. The molecule has 2 amide bonds. The zero-order valence-corrected chi connectivity index (χ0v) is 20.0. The lowest BCUT2D eigenvalue weighted by atomic mass is 10.1. The molecule has 0 spiro atoms. The highest BCUT2D eigenvalue weighted by atomic mass is 16.5. The maximum Gasteiger partial charge on any atom is 0.258 e. The van der Waals surface area contributed by atoms with Crippen molar-refractivity contribution in [3.63, 3.8) is 0 Å². The predicted molar refractivity (Wildman–Crippen MR) is 135 cm³/mol. The third-order valence-electron chi connectivity index (χ3n) is 6.43. The van der Waals surface area contributed by atoms with Gasteiger partial charge in [-0.25, -0.2) is 0 Å². The highest BCUT2D eigenvalue weighted by Gasteiger charge is 2.24. The number of methoxy groups -OCH3 is 1. The van der Waals surface area contributed by atoms with Crippen LogP contribution in [0.3, 0.4) is 0 Å². The number of hydrogen-bond donors (Lipinski definition) is 0. The minimum Gasteiger partial charge on any atom is -0.497 e. The quantitative estimate of drug-likeness (QED) is 0.495. The summed E-state index contributed by atoms with van der Waals surface area (Å²) in [4.78, 5) is 31.0. The molecule has 1 aliphatic heterocycles. The van der Waals surface area contributed by atoms with Crippen molar-refractivity contribution in [2.45, 2.75) is 39.2 Å². The highest BCUT2D eigenvalue weighted by Crippen LogP contribution is 2.27. The Morgan fingerprint density at radius 3 is 2.32 bits per heavy atom. The van der Waals surface area contributed by atoms with Crippen LogP contribution in [0.1, 0.15) is 57.5 Å². The van der Waals surface area contributed by atoms with Crippen LogP contribution >= 0.6 is 0 Å². The molecule has 0 radical (unpaired) electrons. The molecule has 34 heavy (non-hydrogen) atoms. The van der Waals surface area contributed by atoms with Gasteiger partial charge >= 0.3 is 0 Å². The molecule has 4 rings (SSSR count). The molecular formula is C29H32N2O3. The van der Waals surface area contributed by atoms with Crippen LogP contribution < -0.4 is 9.64 Å². The minimum atomic E-state index is -0.0534. The molecule has 0 aromatic heterocycles. The monoisotopic (exact) mass is 456 g/mol. The maximum absolute atomic E-state index is 13.7. The Morgan fingerprint density at radius 1 is 0.794 bits per heavy atom. The normalized spacial score (nSPS) is 14.6. The van der Waals surface area contributed by atoms with Gasteiger partial charge in [0, 0.05) is 36.4 Å². The van der Waals surface area contributed by atoms with E-state index in [1.807, 2.05) is 83.5 Å². The van der Waals surface area contributed by atoms with Crippen molar-refractivity contribution in [3.8, 4) is 5.75 Å². The number of carbonyl (C=O) groups excluding carboxylic acids is 2. The molecule has 1 heterocycles. The van der Waals surface area contributed by atoms with E-state index >= 15 is 0 Å². The first-order chi connectivity index (χ1) is 16.6. The number of carbonyl (C=O) groups is 2. The lowest BCUT2D eigenvalue weighted by Crippen LogP contribution is -2.35. The van der Waals surface area contributed by atoms with Gasteiger partial charge in [0.05, 0.1) is 7.11 Å². The Morgan fingerprint density at radius 2 is 1.53 bits per heavy atom. The van der Waals surface area contributed by atoms with Gasteiger partial charge in [-0.15, -0.1) is 0 Å². The minimum absolute atomic E-state index is 0.0397. The van der Waals surface area contributed by atoms with Gasteiger partial charge in [-0.1, -0.05) is 55.3 Å². The lowest BCUT2D eigenvalue weighted by Gasteiger charge is -2.28. The van der Waals surface area contributed by atoms with E-state index in [0.717, 1.165) is 48.1 Å². The Balaban J connectivity index is 1.70. The van der Waals surface area contributed by atoms with Gasteiger partial charge in [0.2, 0.25) is 0 Å². The topological polar surface area (TPSA) is 49.9 Å². The second kappa shape index (κ2) is 11.0. The maximum atomic E-state index is 13.7. The molecular weight excluding hydrogens is 424 g/mol. The van der Waals surface area contributed by atoms with Gasteiger partial charge in [0.25, 0.3) is 11.8 Å². The van der Waals surface area contributed by atoms with Gasteiger partial charge in [-0.2, -0.15) is 0 Å². The second-order valence-corrected chi connectivity index (χ2v) is 8.77. The summed E-state index contributed by atoms with van der Waals surface area (Å²) in [5, 5.41) is 0. The zero-order chi connectivity index (χ0) is 23.9. The SMILES string of the molecule is COc1cccc(C(=O)N2CCCCCCN(C(=O)c3ccccc3C)Cc3ccccc32)c1. The van der Waals surface area contributed by atoms with Crippen LogP contribution in [0.5, 0.6) is 5.75 Å². The zero-order valence-electron chi connectivity index (χ0n) is 20.0. The Kier molecular flexibility index (Phi) is 7.63. The Labute approximate surface area is 202 Å². The van der Waals surface area contributed by atoms with Gasteiger partial charge in [-0.05, 0) is 61.2 Å². The van der Waals surface area contributed by atoms with Crippen LogP contribution in [-0.4, -0.2) is 36.9 Å². The molecule has 0 bridgehead atoms. The predicted octanol–water partition coefficient (Wildman–Crippen LogP) is 5.87. The molecule has 3 aromatic rings. The summed E-state index contributed by atoms with van der Waals surface area (Å²) in [5.41, 5.74) is 4.14. The molecule has 0 fully saturated rings. The number of benzene rings is 3.